The number of nitrogens with one attached hydrogen (secondary N) is 1. The van der Waals surface area contributed by atoms with Crippen molar-refractivity contribution in [2.75, 3.05) is 30.8 Å². The van der Waals surface area contributed by atoms with E-state index in [9.17, 15) is 5.11 Å². The molecule has 28 heavy (non-hydrogen) atoms. The average Bonchev–Trinajstić information content (AvgIpc) is 3.39. The number of aliphatic hydroxyl groups excluding tert-OH is 1. The van der Waals surface area contributed by atoms with E-state index in [1.165, 1.54) is 0 Å². The van der Waals surface area contributed by atoms with Crippen molar-refractivity contribution in [3.05, 3.63) is 36.0 Å². The number of nitrogens with two attached hydrogens (primary N) is 1. The third-order valence-corrected chi connectivity index (χ3v) is 4.88. The molecule has 9 nitrogen and oxygen atoms in total. The van der Waals surface area contributed by atoms with Crippen molar-refractivity contribution >= 4 is 11.6 Å². The molecular formula is C19H23N7O2. The summed E-state index contributed by atoms with van der Waals surface area (Å²) >= 11 is 0. The van der Waals surface area contributed by atoms with Gasteiger partial charge in [-0.2, -0.15) is 0 Å². The van der Waals surface area contributed by atoms with Crippen molar-refractivity contribution in [2.24, 2.45) is 0 Å². The molecule has 0 aliphatic carbocycles. The van der Waals surface area contributed by atoms with Gasteiger partial charge in [0.05, 0.1) is 18.8 Å². The zero-order chi connectivity index (χ0) is 19.5. The first-order valence-electron chi connectivity index (χ1n) is 9.27. The molecule has 2 aromatic heterocycles. The van der Waals surface area contributed by atoms with Crippen molar-refractivity contribution in [1.29, 1.82) is 0 Å². The summed E-state index contributed by atoms with van der Waals surface area (Å²) in [6.07, 6.45) is 3.54. The van der Waals surface area contributed by atoms with Gasteiger partial charge in [-0.1, -0.05) is 12.1 Å². The van der Waals surface area contributed by atoms with Crippen LogP contribution in [0.5, 0.6) is 0 Å². The van der Waals surface area contributed by atoms with Crippen LogP contribution in [0.1, 0.15) is 18.4 Å². The van der Waals surface area contributed by atoms with Gasteiger partial charge in [-0.15, -0.1) is 10.2 Å². The first-order valence-corrected chi connectivity index (χ1v) is 9.27. The first kappa shape index (κ1) is 18.3. The molecule has 9 heteroatoms. The van der Waals surface area contributed by atoms with Crippen LogP contribution in [0.25, 0.3) is 23.0 Å². The number of nitrogen functional groups attached to an aromatic ring is 1. The fraction of sp³-hybridized carbons (Fsp3) is 0.368. The van der Waals surface area contributed by atoms with Gasteiger partial charge in [0.25, 0.3) is 5.89 Å². The Balaban J connectivity index is 1.62. The smallest absolute Gasteiger partial charge is 0.270 e. The van der Waals surface area contributed by atoms with Crippen LogP contribution in [0.4, 0.5) is 11.6 Å². The number of nitrogens with zero attached hydrogens (tertiary/aromatic N) is 5. The van der Waals surface area contributed by atoms with Gasteiger partial charge < -0.3 is 25.5 Å². The number of aliphatic hydroxyl groups is 1. The summed E-state index contributed by atoms with van der Waals surface area (Å²) in [7, 11) is 1.91. The topological polar surface area (TPSA) is 126 Å². The highest BCUT2D eigenvalue weighted by Gasteiger charge is 2.26. The van der Waals surface area contributed by atoms with Crippen LogP contribution >= 0.6 is 0 Å². The van der Waals surface area contributed by atoms with E-state index in [-0.39, 0.29) is 24.4 Å². The van der Waals surface area contributed by atoms with Gasteiger partial charge in [0.15, 0.2) is 11.5 Å². The largest absolute Gasteiger partial charge is 0.414 e. The van der Waals surface area contributed by atoms with Crippen molar-refractivity contribution < 1.29 is 9.52 Å². The molecule has 3 heterocycles. The maximum Gasteiger partial charge on any atom is 0.270 e. The summed E-state index contributed by atoms with van der Waals surface area (Å²) in [6.45, 7) is 1.69. The molecule has 4 N–H and O–H groups in total. The van der Waals surface area contributed by atoms with E-state index in [1.54, 1.807) is 6.20 Å². The molecule has 0 spiro atoms. The van der Waals surface area contributed by atoms with E-state index in [0.29, 0.717) is 17.4 Å². The van der Waals surface area contributed by atoms with Gasteiger partial charge in [0, 0.05) is 18.7 Å². The van der Waals surface area contributed by atoms with Gasteiger partial charge in [-0.25, -0.2) is 9.97 Å². The Labute approximate surface area is 162 Å². The van der Waals surface area contributed by atoms with Crippen LogP contribution < -0.4 is 16.0 Å². The molecular weight excluding hydrogens is 358 g/mol. The minimum atomic E-state index is 0.0418. The van der Waals surface area contributed by atoms with Crippen LogP contribution in [0.2, 0.25) is 0 Å². The molecule has 1 atom stereocenters. The fourth-order valence-electron chi connectivity index (χ4n) is 3.42. The molecule has 3 aromatic rings. The molecule has 1 fully saturated rings. The molecule has 0 radical (unpaired) electrons. The van der Waals surface area contributed by atoms with E-state index in [4.69, 9.17) is 10.2 Å². The summed E-state index contributed by atoms with van der Waals surface area (Å²) < 4.78 is 5.82. The molecule has 0 unspecified atom stereocenters. The predicted molar refractivity (Wildman–Crippen MR) is 105 cm³/mol. The van der Waals surface area contributed by atoms with Gasteiger partial charge in [0.1, 0.15) is 5.82 Å². The summed E-state index contributed by atoms with van der Waals surface area (Å²) in [5.74, 6) is 1.49. The van der Waals surface area contributed by atoms with Gasteiger partial charge in [0.2, 0.25) is 5.89 Å². The van der Waals surface area contributed by atoms with Crippen LogP contribution in [-0.4, -0.2) is 51.5 Å². The highest BCUT2D eigenvalue weighted by Crippen LogP contribution is 2.29. The Morgan fingerprint density at radius 1 is 1.25 bits per heavy atom. The van der Waals surface area contributed by atoms with Crippen molar-refractivity contribution in [1.82, 2.24) is 25.5 Å². The Kier molecular flexibility index (Phi) is 5.18. The maximum atomic E-state index is 9.56. The predicted octanol–water partition coefficient (Wildman–Crippen LogP) is 1.46. The zero-order valence-corrected chi connectivity index (χ0v) is 15.7. The molecule has 0 bridgehead atoms. The Morgan fingerprint density at radius 3 is 2.79 bits per heavy atom. The molecule has 0 saturated carbocycles. The summed E-state index contributed by atoms with van der Waals surface area (Å²) in [5.41, 5.74) is 8.35. The summed E-state index contributed by atoms with van der Waals surface area (Å²) in [5, 5.41) is 20.9. The van der Waals surface area contributed by atoms with Gasteiger partial charge in [-0.05, 0) is 37.6 Å². The van der Waals surface area contributed by atoms with Crippen molar-refractivity contribution in [3.63, 3.8) is 0 Å². The lowest BCUT2D eigenvalue weighted by atomic mass is 10.1. The van der Waals surface area contributed by atoms with E-state index in [2.05, 4.69) is 25.5 Å². The number of benzene rings is 1. The molecule has 146 valence electrons. The highest BCUT2D eigenvalue weighted by molar-refractivity contribution is 5.66. The number of hydrogen-bond donors (Lipinski definition) is 3. The van der Waals surface area contributed by atoms with Gasteiger partial charge >= 0.3 is 0 Å². The average molecular weight is 381 g/mol. The lowest BCUT2D eigenvalue weighted by Crippen LogP contribution is -2.33. The monoisotopic (exact) mass is 381 g/mol. The third kappa shape index (κ3) is 3.54. The van der Waals surface area contributed by atoms with Crippen LogP contribution in [-0.2, 0) is 6.54 Å². The summed E-state index contributed by atoms with van der Waals surface area (Å²) in [6, 6.07) is 7.93. The molecule has 4 rings (SSSR count). The second-order valence-electron chi connectivity index (χ2n) is 6.77. The summed E-state index contributed by atoms with van der Waals surface area (Å²) in [4.78, 5) is 10.9. The van der Waals surface area contributed by atoms with E-state index < -0.39 is 0 Å². The number of hydrogen-bond acceptors (Lipinski definition) is 9. The van der Waals surface area contributed by atoms with Crippen molar-refractivity contribution in [3.8, 4) is 23.0 Å². The number of aromatic nitrogens is 4. The number of anilines is 2. The van der Waals surface area contributed by atoms with E-state index in [1.807, 2.05) is 36.2 Å². The number of rotatable bonds is 6. The van der Waals surface area contributed by atoms with Crippen molar-refractivity contribution in [2.45, 2.75) is 25.4 Å². The molecule has 1 saturated heterocycles. The first-order chi connectivity index (χ1) is 13.7. The standard InChI is InChI=1S/C19H23N7O2/c1-21-9-12-4-6-13(7-5-12)18-24-25-19(28-18)16-17(20)22-10-15(23-16)26-8-2-3-14(26)11-27/h4-7,10,14,21,27H,2-3,8-9,11H2,1H3,(H2,20,22)/t14-/m0/s1. The Hall–Kier alpha value is -3.04. The molecule has 1 aromatic carbocycles. The molecule has 1 aliphatic rings. The quantitative estimate of drug-likeness (QED) is 0.581. The third-order valence-electron chi connectivity index (χ3n) is 4.88. The molecule has 1 aliphatic heterocycles. The normalized spacial score (nSPS) is 16.6. The second-order valence-corrected chi connectivity index (χ2v) is 6.77. The van der Waals surface area contributed by atoms with E-state index >= 15 is 0 Å². The fourth-order valence-corrected chi connectivity index (χ4v) is 3.42. The lowest BCUT2D eigenvalue weighted by molar-refractivity contribution is 0.266. The second kappa shape index (κ2) is 7.91. The Morgan fingerprint density at radius 2 is 2.04 bits per heavy atom. The van der Waals surface area contributed by atoms with Crippen LogP contribution in [0.3, 0.4) is 0 Å². The SMILES string of the molecule is CNCc1ccc(-c2nnc(-c3nc(N4CCC[C@H]4CO)cnc3N)o2)cc1. The van der Waals surface area contributed by atoms with Gasteiger partial charge in [-0.3, -0.25) is 0 Å². The minimum absolute atomic E-state index is 0.0418. The maximum absolute atomic E-state index is 9.56. The molecule has 0 amide bonds. The highest BCUT2D eigenvalue weighted by atomic mass is 16.4. The van der Waals surface area contributed by atoms with Crippen LogP contribution in [0, 0.1) is 0 Å². The lowest BCUT2D eigenvalue weighted by Gasteiger charge is -2.24. The Bertz CT molecular complexity index is 942. The zero-order valence-electron chi connectivity index (χ0n) is 15.7. The van der Waals surface area contributed by atoms with E-state index in [0.717, 1.165) is 37.1 Å². The van der Waals surface area contributed by atoms with Crippen LogP contribution in [0.15, 0.2) is 34.9 Å². The minimum Gasteiger partial charge on any atom is -0.414 e.